The summed E-state index contributed by atoms with van der Waals surface area (Å²) in [7, 11) is 1.97. The number of hydrogen-bond donors (Lipinski definition) is 2. The van der Waals surface area contributed by atoms with Crippen molar-refractivity contribution in [1.29, 1.82) is 0 Å². The second-order valence-corrected chi connectivity index (χ2v) is 8.45. The van der Waals surface area contributed by atoms with Gasteiger partial charge in [0.25, 0.3) is 0 Å². The summed E-state index contributed by atoms with van der Waals surface area (Å²) in [5.41, 5.74) is 5.61. The average Bonchev–Trinajstić information content (AvgIpc) is 3.14. The monoisotopic (exact) mass is 435 g/mol. The van der Waals surface area contributed by atoms with Gasteiger partial charge >= 0.3 is 0 Å². The number of aryl methyl sites for hydroxylation is 2. The fourth-order valence-corrected chi connectivity index (χ4v) is 4.08. The maximum atomic E-state index is 12.5. The van der Waals surface area contributed by atoms with Crippen LogP contribution in [-0.4, -0.2) is 38.7 Å². The summed E-state index contributed by atoms with van der Waals surface area (Å²) in [6, 6.07) is 7.80. The summed E-state index contributed by atoms with van der Waals surface area (Å²) in [5, 5.41) is 10.9. The number of aromatic nitrogens is 4. The number of nitrogens with one attached hydrogen (secondary N) is 2. The van der Waals surface area contributed by atoms with E-state index in [1.165, 1.54) is 0 Å². The summed E-state index contributed by atoms with van der Waals surface area (Å²) in [6.45, 7) is 9.27. The average molecular weight is 436 g/mol. The van der Waals surface area contributed by atoms with Gasteiger partial charge in [-0.05, 0) is 31.9 Å². The van der Waals surface area contributed by atoms with Crippen LogP contribution in [0, 0.1) is 19.8 Å². The highest BCUT2D eigenvalue weighted by Gasteiger charge is 2.34. The topological polar surface area (TPSA) is 88.0 Å². The molecule has 32 heavy (non-hydrogen) atoms. The van der Waals surface area contributed by atoms with Gasteiger partial charge in [-0.25, -0.2) is 4.98 Å². The molecule has 3 aromatic heterocycles. The first kappa shape index (κ1) is 23.2. The van der Waals surface area contributed by atoms with Gasteiger partial charge in [0.2, 0.25) is 5.91 Å². The normalized spacial score (nSPS) is 15.2. The molecule has 2 N–H and O–H groups in total. The number of nitrogens with zero attached hydrogens (tertiary/aromatic N) is 5. The first-order valence-electron chi connectivity index (χ1n) is 10.5. The molecule has 0 radical (unpaired) electrons. The van der Waals surface area contributed by atoms with Crippen LogP contribution in [0.5, 0.6) is 0 Å². The van der Waals surface area contributed by atoms with E-state index in [0.717, 1.165) is 39.8 Å². The molecule has 8 heteroatoms. The minimum atomic E-state index is -0.199. The van der Waals surface area contributed by atoms with Gasteiger partial charge in [0, 0.05) is 37.1 Å². The zero-order valence-electron chi connectivity index (χ0n) is 18.7. The van der Waals surface area contributed by atoms with E-state index in [1.807, 2.05) is 67.1 Å². The van der Waals surface area contributed by atoms with E-state index in [1.54, 1.807) is 0 Å². The number of carbonyl (C=O) groups is 1. The molecule has 1 aliphatic rings. The lowest BCUT2D eigenvalue weighted by atomic mass is 9.98. The Kier molecular flexibility index (Phi) is 6.81. The molecule has 0 saturated carbocycles. The quantitative estimate of drug-likeness (QED) is 0.608. The van der Waals surface area contributed by atoms with Crippen LogP contribution in [0.2, 0.25) is 0 Å². The van der Waals surface area contributed by atoms with Crippen LogP contribution in [0.3, 0.4) is 0 Å². The Bertz CT molecular complexity index is 1110. The molecule has 4 heterocycles. The van der Waals surface area contributed by atoms with Gasteiger partial charge in [-0.3, -0.25) is 14.5 Å². The van der Waals surface area contributed by atoms with Gasteiger partial charge in [-0.15, -0.1) is 0 Å². The molecule has 0 aliphatic carbocycles. The first-order valence-corrected chi connectivity index (χ1v) is 10.5. The van der Waals surface area contributed by atoms with Crippen molar-refractivity contribution in [2.75, 3.05) is 22.6 Å². The predicted octanol–water partition coefficient (Wildman–Crippen LogP) is 4.00. The number of hydrogen-bond acceptors (Lipinski definition) is 6. The molecule has 170 valence electrons. The van der Waals surface area contributed by atoms with Crippen molar-refractivity contribution >= 4 is 23.1 Å². The SMILES string of the molecule is C.Cc1cccc(Cn2cc(CNc3cc4c(c(C)n3)NC(=O)[C@H](C(C)C)N4C)cn2)n1. The first-order chi connectivity index (χ1) is 14.8. The summed E-state index contributed by atoms with van der Waals surface area (Å²) in [5.74, 6) is 0.998. The molecule has 0 fully saturated rings. The molecule has 1 aliphatic heterocycles. The van der Waals surface area contributed by atoms with E-state index < -0.39 is 0 Å². The highest BCUT2D eigenvalue weighted by molar-refractivity contribution is 6.04. The lowest BCUT2D eigenvalue weighted by Crippen LogP contribution is -2.49. The van der Waals surface area contributed by atoms with Gasteiger partial charge < -0.3 is 15.5 Å². The second kappa shape index (κ2) is 9.38. The van der Waals surface area contributed by atoms with Gasteiger partial charge in [-0.1, -0.05) is 27.3 Å². The van der Waals surface area contributed by atoms with Gasteiger partial charge in [0.15, 0.2) is 0 Å². The number of fused-ring (bicyclic) bond motifs is 1. The Balaban J connectivity index is 0.00000289. The van der Waals surface area contributed by atoms with Crippen LogP contribution in [0.1, 0.15) is 43.9 Å². The molecule has 0 unspecified atom stereocenters. The van der Waals surface area contributed by atoms with Crippen molar-refractivity contribution in [3.8, 4) is 0 Å². The molecule has 1 atom stereocenters. The summed E-state index contributed by atoms with van der Waals surface area (Å²) in [4.78, 5) is 23.7. The Hall–Kier alpha value is -3.42. The van der Waals surface area contributed by atoms with E-state index in [-0.39, 0.29) is 25.3 Å². The molecular formula is C24H33N7O. The van der Waals surface area contributed by atoms with E-state index in [9.17, 15) is 4.79 Å². The van der Waals surface area contributed by atoms with E-state index in [2.05, 4.69) is 39.5 Å². The Morgan fingerprint density at radius 1 is 1.22 bits per heavy atom. The smallest absolute Gasteiger partial charge is 0.247 e. The Labute approximate surface area is 190 Å². The van der Waals surface area contributed by atoms with E-state index in [0.29, 0.717) is 13.1 Å². The predicted molar refractivity (Wildman–Crippen MR) is 129 cm³/mol. The largest absolute Gasteiger partial charge is 0.366 e. The van der Waals surface area contributed by atoms with Gasteiger partial charge in [0.1, 0.15) is 11.9 Å². The van der Waals surface area contributed by atoms with Gasteiger partial charge in [0.05, 0.1) is 35.5 Å². The molecule has 0 aromatic carbocycles. The molecule has 1 amide bonds. The highest BCUT2D eigenvalue weighted by Crippen LogP contribution is 2.36. The molecule has 0 saturated heterocycles. The van der Waals surface area contributed by atoms with Crippen molar-refractivity contribution < 1.29 is 4.79 Å². The third-order valence-electron chi connectivity index (χ3n) is 5.56. The molecule has 4 rings (SSSR count). The molecule has 3 aromatic rings. The minimum absolute atomic E-state index is 0. The zero-order chi connectivity index (χ0) is 22.1. The van der Waals surface area contributed by atoms with Crippen molar-refractivity contribution in [2.24, 2.45) is 5.92 Å². The van der Waals surface area contributed by atoms with Gasteiger partial charge in [-0.2, -0.15) is 5.10 Å². The van der Waals surface area contributed by atoms with E-state index in [4.69, 9.17) is 0 Å². The van der Waals surface area contributed by atoms with Crippen molar-refractivity contribution in [1.82, 2.24) is 19.7 Å². The summed E-state index contributed by atoms with van der Waals surface area (Å²) in [6.07, 6.45) is 3.87. The van der Waals surface area contributed by atoms with Crippen LogP contribution in [0.4, 0.5) is 17.2 Å². The molecule has 8 nitrogen and oxygen atoms in total. The maximum Gasteiger partial charge on any atom is 0.247 e. The third kappa shape index (κ3) is 4.74. The number of carbonyl (C=O) groups excluding carboxylic acids is 1. The van der Waals surface area contributed by atoms with Crippen molar-refractivity contribution in [3.63, 3.8) is 0 Å². The van der Waals surface area contributed by atoms with Crippen LogP contribution in [0.15, 0.2) is 36.7 Å². The fourth-order valence-electron chi connectivity index (χ4n) is 4.08. The Morgan fingerprint density at radius 2 is 2.00 bits per heavy atom. The number of rotatable bonds is 6. The van der Waals surface area contributed by atoms with Crippen molar-refractivity contribution in [3.05, 3.63) is 59.3 Å². The number of anilines is 3. The number of likely N-dealkylation sites (N-methyl/N-ethyl adjacent to an activating group) is 1. The summed E-state index contributed by atoms with van der Waals surface area (Å²) >= 11 is 0. The maximum absolute atomic E-state index is 12.5. The fraction of sp³-hybridized carbons (Fsp3) is 0.417. The van der Waals surface area contributed by atoms with E-state index >= 15 is 0 Å². The lowest BCUT2D eigenvalue weighted by Gasteiger charge is -2.38. The number of amides is 1. The van der Waals surface area contributed by atoms with Crippen molar-refractivity contribution in [2.45, 2.75) is 54.3 Å². The summed E-state index contributed by atoms with van der Waals surface area (Å²) < 4.78 is 1.89. The lowest BCUT2D eigenvalue weighted by molar-refractivity contribution is -0.118. The Morgan fingerprint density at radius 3 is 2.72 bits per heavy atom. The standard InChI is InChI=1S/C23H29N7O.CH4/c1-14(2)22-23(31)28-21-16(4)27-20(9-19(21)29(22)5)24-10-17-11-25-30(12-17)13-18-8-6-7-15(3)26-18;/h6-9,11-12,14,22H,10,13H2,1-5H3,(H,24,27)(H,28,31);1H4/t22-;/m0./s1. The van der Waals surface area contributed by atoms with Crippen LogP contribution < -0.4 is 15.5 Å². The molecule has 0 bridgehead atoms. The van der Waals surface area contributed by atoms with Crippen LogP contribution >= 0.6 is 0 Å². The second-order valence-electron chi connectivity index (χ2n) is 8.45. The molecule has 0 spiro atoms. The number of pyridine rings is 2. The highest BCUT2D eigenvalue weighted by atomic mass is 16.2. The minimum Gasteiger partial charge on any atom is -0.366 e. The third-order valence-corrected chi connectivity index (χ3v) is 5.56. The molecular weight excluding hydrogens is 402 g/mol. The van der Waals surface area contributed by atoms with Crippen LogP contribution in [-0.2, 0) is 17.9 Å². The zero-order valence-corrected chi connectivity index (χ0v) is 18.7. The van der Waals surface area contributed by atoms with Crippen LogP contribution in [0.25, 0.3) is 0 Å².